The number of nitrogens with zero attached hydrogens (tertiary/aromatic N) is 1. The van der Waals surface area contributed by atoms with Crippen LogP contribution in [0.2, 0.25) is 0 Å². The van der Waals surface area contributed by atoms with Gasteiger partial charge in [-0.2, -0.15) is 0 Å². The summed E-state index contributed by atoms with van der Waals surface area (Å²) < 4.78 is 4.90. The average molecular weight is 213 g/mol. The van der Waals surface area contributed by atoms with Gasteiger partial charge in [-0.05, 0) is 26.4 Å². The maximum Gasteiger partial charge on any atom is 0.316 e. The highest BCUT2D eigenvalue weighted by molar-refractivity contribution is 5.99. The molecule has 0 aromatic carbocycles. The number of likely N-dealkylation sites (tertiary alicyclic amines) is 1. The van der Waals surface area contributed by atoms with Gasteiger partial charge in [-0.15, -0.1) is 0 Å². The number of ether oxygens (including phenoxy) is 1. The third-order valence-corrected chi connectivity index (χ3v) is 2.82. The lowest BCUT2D eigenvalue weighted by atomic mass is 10.00. The molecule has 86 valence electrons. The smallest absolute Gasteiger partial charge is 0.316 e. The summed E-state index contributed by atoms with van der Waals surface area (Å²) in [5.41, 5.74) is 0. The Labute approximate surface area is 90.6 Å². The first kappa shape index (κ1) is 12.2. The predicted octanol–water partition coefficient (Wildman–Crippen LogP) is 0.851. The standard InChI is InChI=1S/C11H19NO3/c1-3-12-7-5-9(10(13)6-8-12)11(14)15-4-2/h9H,3-8H2,1-2H3. The first-order chi connectivity index (χ1) is 7.19. The minimum Gasteiger partial charge on any atom is -0.465 e. The Morgan fingerprint density at radius 3 is 2.80 bits per heavy atom. The second-order valence-corrected chi connectivity index (χ2v) is 3.74. The summed E-state index contributed by atoms with van der Waals surface area (Å²) in [6, 6.07) is 0. The monoisotopic (exact) mass is 213 g/mol. The Hall–Kier alpha value is -0.900. The van der Waals surface area contributed by atoms with Crippen LogP contribution in [0.4, 0.5) is 0 Å². The van der Waals surface area contributed by atoms with Gasteiger partial charge in [-0.1, -0.05) is 6.92 Å². The third-order valence-electron chi connectivity index (χ3n) is 2.82. The van der Waals surface area contributed by atoms with Crippen LogP contribution in [0.3, 0.4) is 0 Å². The SMILES string of the molecule is CCOC(=O)C1CCN(CC)CCC1=O. The molecule has 0 saturated carbocycles. The van der Waals surface area contributed by atoms with E-state index in [0.29, 0.717) is 19.4 Å². The van der Waals surface area contributed by atoms with Crippen molar-refractivity contribution in [2.75, 3.05) is 26.2 Å². The molecule has 1 aliphatic rings. The molecule has 1 unspecified atom stereocenters. The molecule has 0 amide bonds. The molecule has 1 heterocycles. The van der Waals surface area contributed by atoms with Crippen molar-refractivity contribution >= 4 is 11.8 Å². The number of esters is 1. The fourth-order valence-electron chi connectivity index (χ4n) is 1.84. The molecule has 0 bridgehead atoms. The Kier molecular flexibility index (Phi) is 4.75. The molecular formula is C11H19NO3. The molecule has 0 aromatic heterocycles. The van der Waals surface area contributed by atoms with Gasteiger partial charge in [0.25, 0.3) is 0 Å². The van der Waals surface area contributed by atoms with E-state index in [2.05, 4.69) is 11.8 Å². The number of ketones is 1. The second-order valence-electron chi connectivity index (χ2n) is 3.74. The normalized spacial score (nSPS) is 23.6. The third kappa shape index (κ3) is 3.30. The van der Waals surface area contributed by atoms with Crippen molar-refractivity contribution in [2.45, 2.75) is 26.7 Å². The minimum atomic E-state index is -0.526. The van der Waals surface area contributed by atoms with Crippen molar-refractivity contribution < 1.29 is 14.3 Å². The van der Waals surface area contributed by atoms with Gasteiger partial charge in [0, 0.05) is 13.0 Å². The van der Waals surface area contributed by atoms with Gasteiger partial charge < -0.3 is 9.64 Å². The molecule has 0 aromatic rings. The van der Waals surface area contributed by atoms with Crippen LogP contribution in [-0.4, -0.2) is 42.9 Å². The molecule has 15 heavy (non-hydrogen) atoms. The molecule has 0 spiro atoms. The van der Waals surface area contributed by atoms with Crippen LogP contribution in [0, 0.1) is 5.92 Å². The first-order valence-electron chi connectivity index (χ1n) is 5.60. The molecule has 4 heteroatoms. The van der Waals surface area contributed by atoms with E-state index in [0.717, 1.165) is 19.6 Å². The van der Waals surface area contributed by atoms with E-state index >= 15 is 0 Å². The van der Waals surface area contributed by atoms with Gasteiger partial charge in [-0.25, -0.2) is 0 Å². The lowest BCUT2D eigenvalue weighted by Crippen LogP contribution is -2.26. The minimum absolute atomic E-state index is 0.0319. The average Bonchev–Trinajstić information content (AvgIpc) is 2.40. The van der Waals surface area contributed by atoms with Gasteiger partial charge in [0.05, 0.1) is 6.61 Å². The van der Waals surface area contributed by atoms with E-state index in [4.69, 9.17) is 4.74 Å². The van der Waals surface area contributed by atoms with E-state index in [9.17, 15) is 9.59 Å². The van der Waals surface area contributed by atoms with Gasteiger partial charge in [0.2, 0.25) is 0 Å². The molecular weight excluding hydrogens is 194 g/mol. The summed E-state index contributed by atoms with van der Waals surface area (Å²) in [5.74, 6) is -0.841. The maximum absolute atomic E-state index is 11.7. The fourth-order valence-corrected chi connectivity index (χ4v) is 1.84. The van der Waals surface area contributed by atoms with Crippen LogP contribution in [0.1, 0.15) is 26.7 Å². The lowest BCUT2D eigenvalue weighted by molar-refractivity contribution is -0.151. The Morgan fingerprint density at radius 2 is 2.20 bits per heavy atom. The highest BCUT2D eigenvalue weighted by atomic mass is 16.5. The number of Topliss-reactive ketones (excluding diaryl/α,β-unsaturated/α-hetero) is 1. The summed E-state index contributed by atoms with van der Waals surface area (Å²) in [6.45, 7) is 6.69. The number of carbonyl (C=O) groups excluding carboxylic acids is 2. The molecule has 0 radical (unpaired) electrons. The van der Waals surface area contributed by atoms with Crippen LogP contribution in [0.5, 0.6) is 0 Å². The van der Waals surface area contributed by atoms with Crippen LogP contribution < -0.4 is 0 Å². The van der Waals surface area contributed by atoms with Crippen molar-refractivity contribution in [3.8, 4) is 0 Å². The second kappa shape index (κ2) is 5.85. The van der Waals surface area contributed by atoms with Crippen LogP contribution >= 0.6 is 0 Å². The molecule has 4 nitrogen and oxygen atoms in total. The maximum atomic E-state index is 11.7. The van der Waals surface area contributed by atoms with Crippen molar-refractivity contribution in [3.05, 3.63) is 0 Å². The highest BCUT2D eigenvalue weighted by Crippen LogP contribution is 2.15. The van der Waals surface area contributed by atoms with E-state index in [1.165, 1.54) is 0 Å². The Morgan fingerprint density at radius 1 is 1.47 bits per heavy atom. The summed E-state index contributed by atoms with van der Waals surface area (Å²) in [5, 5.41) is 0. The van der Waals surface area contributed by atoms with Crippen molar-refractivity contribution in [3.63, 3.8) is 0 Å². The van der Waals surface area contributed by atoms with Crippen molar-refractivity contribution in [1.29, 1.82) is 0 Å². The summed E-state index contributed by atoms with van der Waals surface area (Å²) in [4.78, 5) is 25.4. The van der Waals surface area contributed by atoms with Crippen LogP contribution in [0.15, 0.2) is 0 Å². The van der Waals surface area contributed by atoms with Crippen LogP contribution in [-0.2, 0) is 14.3 Å². The van der Waals surface area contributed by atoms with Gasteiger partial charge in [-0.3, -0.25) is 9.59 Å². The molecule has 1 saturated heterocycles. The Bertz CT molecular complexity index is 240. The summed E-state index contributed by atoms with van der Waals surface area (Å²) in [6.07, 6.45) is 1.07. The number of hydrogen-bond donors (Lipinski definition) is 0. The molecule has 1 fully saturated rings. The number of carbonyl (C=O) groups is 2. The van der Waals surface area contributed by atoms with E-state index in [1.54, 1.807) is 6.92 Å². The van der Waals surface area contributed by atoms with Crippen molar-refractivity contribution in [2.24, 2.45) is 5.92 Å². The van der Waals surface area contributed by atoms with Gasteiger partial charge >= 0.3 is 5.97 Å². The zero-order chi connectivity index (χ0) is 11.3. The molecule has 1 rings (SSSR count). The largest absolute Gasteiger partial charge is 0.465 e. The fraction of sp³-hybridized carbons (Fsp3) is 0.818. The Balaban J connectivity index is 2.57. The first-order valence-corrected chi connectivity index (χ1v) is 5.60. The lowest BCUT2D eigenvalue weighted by Gasteiger charge is -2.16. The topological polar surface area (TPSA) is 46.6 Å². The van der Waals surface area contributed by atoms with Gasteiger partial charge in [0.15, 0.2) is 0 Å². The number of rotatable bonds is 3. The van der Waals surface area contributed by atoms with E-state index in [1.807, 2.05) is 0 Å². The molecule has 0 aliphatic carbocycles. The predicted molar refractivity (Wildman–Crippen MR) is 56.5 cm³/mol. The van der Waals surface area contributed by atoms with E-state index in [-0.39, 0.29) is 11.8 Å². The summed E-state index contributed by atoms with van der Waals surface area (Å²) >= 11 is 0. The molecule has 1 aliphatic heterocycles. The van der Waals surface area contributed by atoms with Crippen LogP contribution in [0.25, 0.3) is 0 Å². The van der Waals surface area contributed by atoms with Crippen molar-refractivity contribution in [1.82, 2.24) is 4.90 Å². The van der Waals surface area contributed by atoms with E-state index < -0.39 is 5.92 Å². The zero-order valence-corrected chi connectivity index (χ0v) is 9.49. The molecule has 0 N–H and O–H groups in total. The number of hydrogen-bond acceptors (Lipinski definition) is 4. The quantitative estimate of drug-likeness (QED) is 0.515. The van der Waals surface area contributed by atoms with Gasteiger partial charge in [0.1, 0.15) is 11.7 Å². The zero-order valence-electron chi connectivity index (χ0n) is 9.49. The highest BCUT2D eigenvalue weighted by Gasteiger charge is 2.30. The summed E-state index contributed by atoms with van der Waals surface area (Å²) in [7, 11) is 0. The molecule has 1 atom stereocenters.